The van der Waals surface area contributed by atoms with Gasteiger partial charge in [-0.2, -0.15) is 0 Å². The fourth-order valence-corrected chi connectivity index (χ4v) is 2.34. The molecule has 2 aromatic rings. The molecule has 0 fully saturated rings. The number of pyridine rings is 1. The molecule has 0 spiro atoms. The maximum Gasteiger partial charge on any atom is 0.254 e. The van der Waals surface area contributed by atoms with Crippen LogP contribution in [0.4, 0.5) is 11.5 Å². The highest BCUT2D eigenvalue weighted by Gasteiger charge is 2.14. The zero-order valence-electron chi connectivity index (χ0n) is 13.2. The molecule has 0 radical (unpaired) electrons. The quantitative estimate of drug-likeness (QED) is 0.837. The van der Waals surface area contributed by atoms with Crippen molar-refractivity contribution in [3.8, 4) is 0 Å². The zero-order chi connectivity index (χ0) is 15.8. The van der Waals surface area contributed by atoms with Crippen molar-refractivity contribution in [2.75, 3.05) is 18.4 Å². The average molecular weight is 297 g/mol. The van der Waals surface area contributed by atoms with Crippen molar-refractivity contribution >= 4 is 17.4 Å². The number of hydrogen-bond donors (Lipinski definition) is 1. The Kier molecular flexibility index (Phi) is 5.95. The van der Waals surface area contributed by atoms with Crippen LogP contribution < -0.4 is 5.32 Å². The lowest BCUT2D eigenvalue weighted by Crippen LogP contribution is -2.32. The molecule has 1 aromatic carbocycles. The number of amides is 1. The van der Waals surface area contributed by atoms with Gasteiger partial charge in [-0.25, -0.2) is 4.98 Å². The first-order valence-corrected chi connectivity index (χ1v) is 7.82. The van der Waals surface area contributed by atoms with E-state index >= 15 is 0 Å². The second-order valence-electron chi connectivity index (χ2n) is 5.21. The Bertz CT molecular complexity index is 592. The van der Waals surface area contributed by atoms with E-state index in [2.05, 4.69) is 24.1 Å². The molecule has 0 aliphatic heterocycles. The third-order valence-corrected chi connectivity index (χ3v) is 3.33. The normalized spacial score (nSPS) is 10.3. The molecule has 4 nitrogen and oxygen atoms in total. The minimum absolute atomic E-state index is 0.0715. The number of hydrogen-bond acceptors (Lipinski definition) is 3. The molecule has 116 valence electrons. The molecule has 4 heteroatoms. The summed E-state index contributed by atoms with van der Waals surface area (Å²) in [5.74, 6) is 0.757. The highest BCUT2D eigenvalue weighted by atomic mass is 16.2. The summed E-state index contributed by atoms with van der Waals surface area (Å²) in [6.45, 7) is 5.75. The maximum absolute atomic E-state index is 12.6. The van der Waals surface area contributed by atoms with Crippen molar-refractivity contribution in [3.63, 3.8) is 0 Å². The summed E-state index contributed by atoms with van der Waals surface area (Å²) in [6, 6.07) is 13.4. The molecular formula is C18H23N3O. The van der Waals surface area contributed by atoms with E-state index in [1.807, 2.05) is 41.3 Å². The fraction of sp³-hybridized carbons (Fsp3) is 0.333. The van der Waals surface area contributed by atoms with Crippen LogP contribution in [0.3, 0.4) is 0 Å². The predicted molar refractivity (Wildman–Crippen MR) is 90.4 cm³/mol. The van der Waals surface area contributed by atoms with Crippen LogP contribution in [0.5, 0.6) is 0 Å². The van der Waals surface area contributed by atoms with Gasteiger partial charge in [-0.05, 0) is 37.1 Å². The van der Waals surface area contributed by atoms with Gasteiger partial charge in [0.2, 0.25) is 0 Å². The molecule has 0 bridgehead atoms. The Morgan fingerprint density at radius 3 is 2.41 bits per heavy atom. The number of carbonyl (C=O) groups is 1. The summed E-state index contributed by atoms with van der Waals surface area (Å²) in [7, 11) is 0. The summed E-state index contributed by atoms with van der Waals surface area (Å²) < 4.78 is 0. The number of carbonyl (C=O) groups excluding carboxylic acids is 1. The van der Waals surface area contributed by atoms with Crippen molar-refractivity contribution in [1.82, 2.24) is 9.88 Å². The molecule has 22 heavy (non-hydrogen) atoms. The molecule has 1 aromatic heterocycles. The molecule has 0 aliphatic carbocycles. The van der Waals surface area contributed by atoms with Gasteiger partial charge in [0.1, 0.15) is 5.82 Å². The SMILES string of the molecule is CCCN(CCC)C(=O)c1ccnc(Nc2ccccc2)c1. The van der Waals surface area contributed by atoms with E-state index < -0.39 is 0 Å². The zero-order valence-corrected chi connectivity index (χ0v) is 13.2. The van der Waals surface area contributed by atoms with Crippen molar-refractivity contribution in [3.05, 3.63) is 54.2 Å². The van der Waals surface area contributed by atoms with Gasteiger partial charge in [-0.15, -0.1) is 0 Å². The van der Waals surface area contributed by atoms with Crippen LogP contribution in [0.25, 0.3) is 0 Å². The van der Waals surface area contributed by atoms with Gasteiger partial charge in [0.15, 0.2) is 0 Å². The first-order valence-electron chi connectivity index (χ1n) is 7.82. The highest BCUT2D eigenvalue weighted by Crippen LogP contribution is 2.16. The molecule has 0 saturated heterocycles. The van der Waals surface area contributed by atoms with Crippen LogP contribution in [0, 0.1) is 0 Å². The molecular weight excluding hydrogens is 274 g/mol. The Labute approximate surface area is 132 Å². The van der Waals surface area contributed by atoms with Crippen molar-refractivity contribution in [1.29, 1.82) is 0 Å². The molecule has 0 aliphatic rings. The lowest BCUT2D eigenvalue weighted by molar-refractivity contribution is 0.0755. The third kappa shape index (κ3) is 4.32. The van der Waals surface area contributed by atoms with Gasteiger partial charge in [-0.1, -0.05) is 32.0 Å². The Morgan fingerprint density at radius 1 is 1.09 bits per heavy atom. The largest absolute Gasteiger partial charge is 0.340 e. The van der Waals surface area contributed by atoms with E-state index in [1.54, 1.807) is 12.3 Å². The Morgan fingerprint density at radius 2 is 1.77 bits per heavy atom. The molecule has 0 unspecified atom stereocenters. The molecule has 1 amide bonds. The van der Waals surface area contributed by atoms with E-state index in [-0.39, 0.29) is 5.91 Å². The standard InChI is InChI=1S/C18H23N3O/c1-3-12-21(13-4-2)18(22)15-10-11-19-17(14-15)20-16-8-6-5-7-9-16/h5-11,14H,3-4,12-13H2,1-2H3,(H,19,20). The molecule has 1 N–H and O–H groups in total. The van der Waals surface area contributed by atoms with Crippen LogP contribution in [-0.4, -0.2) is 28.9 Å². The topological polar surface area (TPSA) is 45.2 Å². The van der Waals surface area contributed by atoms with Crippen molar-refractivity contribution in [2.24, 2.45) is 0 Å². The van der Waals surface area contributed by atoms with Gasteiger partial charge in [0, 0.05) is 30.5 Å². The molecule has 2 rings (SSSR count). The van der Waals surface area contributed by atoms with Crippen molar-refractivity contribution < 1.29 is 4.79 Å². The summed E-state index contributed by atoms with van der Waals surface area (Å²) in [4.78, 5) is 18.8. The van der Waals surface area contributed by atoms with E-state index in [0.29, 0.717) is 11.4 Å². The van der Waals surface area contributed by atoms with Gasteiger partial charge in [0.05, 0.1) is 0 Å². The monoisotopic (exact) mass is 297 g/mol. The number of anilines is 2. The lowest BCUT2D eigenvalue weighted by Gasteiger charge is -2.21. The first-order chi connectivity index (χ1) is 10.7. The van der Waals surface area contributed by atoms with Gasteiger partial charge in [0.25, 0.3) is 5.91 Å². The van der Waals surface area contributed by atoms with Gasteiger partial charge >= 0.3 is 0 Å². The van der Waals surface area contributed by atoms with Crippen LogP contribution in [0.2, 0.25) is 0 Å². The number of aromatic nitrogens is 1. The van der Waals surface area contributed by atoms with E-state index in [9.17, 15) is 4.79 Å². The lowest BCUT2D eigenvalue weighted by atomic mass is 10.2. The number of nitrogens with one attached hydrogen (secondary N) is 1. The summed E-state index contributed by atoms with van der Waals surface area (Å²) in [5, 5.41) is 3.22. The second-order valence-corrected chi connectivity index (χ2v) is 5.21. The Hall–Kier alpha value is -2.36. The van der Waals surface area contributed by atoms with E-state index in [1.165, 1.54) is 0 Å². The van der Waals surface area contributed by atoms with Crippen LogP contribution >= 0.6 is 0 Å². The van der Waals surface area contributed by atoms with Crippen LogP contribution in [0.1, 0.15) is 37.0 Å². The van der Waals surface area contributed by atoms with E-state index in [0.717, 1.165) is 31.6 Å². The summed E-state index contributed by atoms with van der Waals surface area (Å²) in [6.07, 6.45) is 3.60. The molecule has 1 heterocycles. The number of para-hydroxylation sites is 1. The number of nitrogens with zero attached hydrogens (tertiary/aromatic N) is 2. The summed E-state index contributed by atoms with van der Waals surface area (Å²) >= 11 is 0. The van der Waals surface area contributed by atoms with Gasteiger partial charge < -0.3 is 10.2 Å². The Balaban J connectivity index is 2.14. The predicted octanol–water partition coefficient (Wildman–Crippen LogP) is 4.09. The van der Waals surface area contributed by atoms with Crippen LogP contribution in [-0.2, 0) is 0 Å². The molecule has 0 atom stereocenters. The van der Waals surface area contributed by atoms with E-state index in [4.69, 9.17) is 0 Å². The fourth-order valence-electron chi connectivity index (χ4n) is 2.34. The first kappa shape index (κ1) is 16.0. The number of rotatable bonds is 7. The number of benzene rings is 1. The second kappa shape index (κ2) is 8.17. The van der Waals surface area contributed by atoms with Gasteiger partial charge in [-0.3, -0.25) is 4.79 Å². The van der Waals surface area contributed by atoms with Crippen LogP contribution in [0.15, 0.2) is 48.7 Å². The highest BCUT2D eigenvalue weighted by molar-refractivity contribution is 5.95. The summed E-state index contributed by atoms with van der Waals surface area (Å²) in [5.41, 5.74) is 1.63. The smallest absolute Gasteiger partial charge is 0.254 e. The minimum Gasteiger partial charge on any atom is -0.340 e. The average Bonchev–Trinajstić information content (AvgIpc) is 2.55. The minimum atomic E-state index is 0.0715. The third-order valence-electron chi connectivity index (χ3n) is 3.33. The van der Waals surface area contributed by atoms with Crippen molar-refractivity contribution in [2.45, 2.75) is 26.7 Å². The maximum atomic E-state index is 12.6. The molecule has 0 saturated carbocycles.